The Bertz CT molecular complexity index is 1060. The number of ether oxygens (including phenoxy) is 2. The number of hydrogen-bond acceptors (Lipinski definition) is 10. The number of nitrogens with one attached hydrogen (secondary N) is 1. The highest BCUT2D eigenvalue weighted by atomic mass is 35.5. The molecule has 7 N–H and O–H groups in total. The van der Waals surface area contributed by atoms with Crippen molar-refractivity contribution in [3.05, 3.63) is 11.6 Å². The maximum absolute atomic E-state index is 12.3. The van der Waals surface area contributed by atoms with Crippen molar-refractivity contribution >= 4 is 42.1 Å². The molecule has 0 bridgehead atoms. The number of aliphatic hydroxyl groups is 2. The Hall–Kier alpha value is -1.90. The fourth-order valence-electron chi connectivity index (χ4n) is 3.14. The molecule has 0 aliphatic carbocycles. The number of aromatic nitrogens is 4. The maximum atomic E-state index is 12.3. The second-order valence-corrected chi connectivity index (χ2v) is 10.2. The van der Waals surface area contributed by atoms with E-state index in [1.54, 1.807) is 20.8 Å². The normalized spacial score (nSPS) is 25.2. The molecule has 0 spiro atoms. The first kappa shape index (κ1) is 24.7. The van der Waals surface area contributed by atoms with E-state index in [0.717, 1.165) is 0 Å². The summed E-state index contributed by atoms with van der Waals surface area (Å²) in [4.78, 5) is 43.2. The van der Waals surface area contributed by atoms with E-state index in [4.69, 9.17) is 26.8 Å². The first-order valence-corrected chi connectivity index (χ1v) is 11.4. The third-order valence-electron chi connectivity index (χ3n) is 4.48. The van der Waals surface area contributed by atoms with Crippen LogP contribution in [0, 0.1) is 0 Å². The third kappa shape index (κ3) is 5.18. The predicted octanol–water partition coefficient (Wildman–Crippen LogP) is -0.884. The van der Waals surface area contributed by atoms with Crippen molar-refractivity contribution in [2.24, 2.45) is 0 Å². The number of aliphatic hydroxyl groups excluding tert-OH is 2. The summed E-state index contributed by atoms with van der Waals surface area (Å²) in [6, 6.07) is 0. The molecule has 14 nitrogen and oxygen atoms in total. The Morgan fingerprint density at radius 1 is 1.38 bits per heavy atom. The highest BCUT2D eigenvalue weighted by Gasteiger charge is 2.46. The van der Waals surface area contributed by atoms with Crippen LogP contribution in [-0.4, -0.2) is 81.7 Å². The van der Waals surface area contributed by atoms with Crippen molar-refractivity contribution in [2.45, 2.75) is 56.7 Å². The number of fused-ring (bicyclic) bond motifs is 1. The molecule has 16 heteroatoms. The molecule has 5 atom stereocenters. The summed E-state index contributed by atoms with van der Waals surface area (Å²) in [6.45, 7) is 4.28. The number of carbonyl (C=O) groups excluding carboxylic acids is 1. The van der Waals surface area contributed by atoms with Gasteiger partial charge in [-0.1, -0.05) is 0 Å². The summed E-state index contributed by atoms with van der Waals surface area (Å²) in [7, 11) is -5.01. The first-order valence-electron chi connectivity index (χ1n) is 9.35. The van der Waals surface area contributed by atoms with Gasteiger partial charge < -0.3 is 40.5 Å². The predicted molar refractivity (Wildman–Crippen MR) is 110 cm³/mol. The van der Waals surface area contributed by atoms with Crippen LogP contribution in [0.5, 0.6) is 0 Å². The van der Waals surface area contributed by atoms with E-state index in [9.17, 15) is 29.4 Å². The number of rotatable bonds is 6. The first-order chi connectivity index (χ1) is 14.7. The molecule has 1 amide bonds. The molecule has 0 radical (unpaired) electrons. The number of hydrogen-bond donors (Lipinski definition) is 6. The molecule has 1 fully saturated rings. The molecule has 1 aliphatic rings. The van der Waals surface area contributed by atoms with E-state index in [0.29, 0.717) is 0 Å². The van der Waals surface area contributed by atoms with Crippen molar-refractivity contribution in [1.29, 1.82) is 0 Å². The monoisotopic (exact) mass is 494 g/mol. The van der Waals surface area contributed by atoms with Crippen molar-refractivity contribution in [2.75, 3.05) is 12.3 Å². The van der Waals surface area contributed by atoms with E-state index in [1.165, 1.54) is 10.9 Å². The number of nitrogens with zero attached hydrogens (tertiary/aromatic N) is 4. The van der Waals surface area contributed by atoms with Crippen LogP contribution in [0.4, 0.5) is 5.82 Å². The average molecular weight is 495 g/mol. The minimum Gasteiger partial charge on any atom is -0.387 e. The second kappa shape index (κ2) is 8.80. The molecule has 1 aliphatic heterocycles. The number of amides is 1. The molecular weight excluding hydrogens is 471 g/mol. The molecule has 32 heavy (non-hydrogen) atoms. The van der Waals surface area contributed by atoms with Crippen LogP contribution in [0.2, 0.25) is 5.28 Å². The summed E-state index contributed by atoms with van der Waals surface area (Å²) in [6.07, 6.45) is -4.20. The van der Waals surface area contributed by atoms with E-state index in [2.05, 4.69) is 20.3 Å². The highest BCUT2D eigenvalue weighted by Crippen LogP contribution is 2.43. The van der Waals surface area contributed by atoms with Crippen LogP contribution in [0.25, 0.3) is 11.2 Å². The Kier molecular flexibility index (Phi) is 6.80. The average Bonchev–Trinajstić information content (AvgIpc) is 3.15. The fraction of sp³-hybridized carbons (Fsp3) is 0.625. The molecule has 2 aromatic heterocycles. The molecule has 3 rings (SSSR count). The van der Waals surface area contributed by atoms with Gasteiger partial charge in [0.15, 0.2) is 17.7 Å². The number of nitrogens with two attached hydrogens (primary N) is 1. The van der Waals surface area contributed by atoms with Crippen molar-refractivity contribution in [1.82, 2.24) is 24.8 Å². The zero-order valence-corrected chi connectivity index (χ0v) is 18.9. The molecule has 0 aromatic carbocycles. The maximum Gasteiger partial charge on any atom is 0.363 e. The molecular formula is C16H24ClN6O8P. The van der Waals surface area contributed by atoms with Crippen LogP contribution in [0.1, 0.15) is 27.0 Å². The zero-order valence-electron chi connectivity index (χ0n) is 17.3. The topological polar surface area (TPSA) is 215 Å². The Morgan fingerprint density at radius 2 is 2.03 bits per heavy atom. The molecule has 5 unspecified atom stereocenters. The van der Waals surface area contributed by atoms with E-state index in [1.807, 2.05) is 0 Å². The lowest BCUT2D eigenvalue weighted by atomic mass is 10.1. The Morgan fingerprint density at radius 3 is 2.62 bits per heavy atom. The Labute approximate surface area is 186 Å². The van der Waals surface area contributed by atoms with Crippen LogP contribution in [0.3, 0.4) is 0 Å². The van der Waals surface area contributed by atoms with Crippen LogP contribution in [-0.2, 0) is 18.8 Å². The summed E-state index contributed by atoms with van der Waals surface area (Å²) in [5, 5.41) is 23.1. The van der Waals surface area contributed by atoms with Gasteiger partial charge in [0, 0.05) is 5.54 Å². The van der Waals surface area contributed by atoms with Gasteiger partial charge in [0.25, 0.3) is 5.91 Å². The van der Waals surface area contributed by atoms with Crippen molar-refractivity contribution < 1.29 is 38.8 Å². The summed E-state index contributed by atoms with van der Waals surface area (Å²) < 4.78 is 23.8. The minimum atomic E-state index is -5.01. The van der Waals surface area contributed by atoms with Gasteiger partial charge in [-0.05, 0) is 32.4 Å². The van der Waals surface area contributed by atoms with Gasteiger partial charge in [-0.15, -0.1) is 0 Å². The zero-order chi connectivity index (χ0) is 24.0. The number of imidazole rings is 1. The smallest absolute Gasteiger partial charge is 0.363 e. The lowest BCUT2D eigenvalue weighted by Gasteiger charge is -2.26. The lowest BCUT2D eigenvalue weighted by Crippen LogP contribution is -2.47. The van der Waals surface area contributed by atoms with Gasteiger partial charge in [0.2, 0.25) is 11.1 Å². The summed E-state index contributed by atoms with van der Waals surface area (Å²) in [5.41, 5.74) is 5.32. The van der Waals surface area contributed by atoms with Gasteiger partial charge in [-0.2, -0.15) is 9.97 Å². The van der Waals surface area contributed by atoms with Gasteiger partial charge in [0.1, 0.15) is 23.8 Å². The third-order valence-corrected chi connectivity index (χ3v) is 5.64. The van der Waals surface area contributed by atoms with Gasteiger partial charge >= 0.3 is 7.60 Å². The van der Waals surface area contributed by atoms with Crippen LogP contribution >= 0.6 is 19.2 Å². The molecule has 3 heterocycles. The van der Waals surface area contributed by atoms with E-state index >= 15 is 0 Å². The standard InChI is InChI=1S/C16H24ClN6O8P/c1-16(2,3)22-12(26)14(32(27,28)29)30-4-6-8(24)9(25)13(31-6)23-5-19-7-10(18)20-15(17)21-11(7)23/h5-6,8-9,13-14,24-25H,4H2,1-3H3,(H,22,26)(H2,18,20,21)(H2,27,28,29). The summed E-state index contributed by atoms with van der Waals surface area (Å²) >= 11 is 5.83. The van der Waals surface area contributed by atoms with E-state index in [-0.39, 0.29) is 22.3 Å². The lowest BCUT2D eigenvalue weighted by molar-refractivity contribution is -0.134. The second-order valence-electron chi connectivity index (χ2n) is 8.26. The number of nitrogen functional groups attached to an aromatic ring is 1. The largest absolute Gasteiger partial charge is 0.387 e. The molecule has 2 aromatic rings. The number of anilines is 1. The van der Waals surface area contributed by atoms with E-state index < -0.39 is 56.0 Å². The fourth-order valence-corrected chi connectivity index (χ4v) is 3.96. The highest BCUT2D eigenvalue weighted by molar-refractivity contribution is 7.53. The van der Waals surface area contributed by atoms with Gasteiger partial charge in [0.05, 0.1) is 12.9 Å². The molecule has 178 valence electrons. The number of carbonyl (C=O) groups is 1. The van der Waals surface area contributed by atoms with Gasteiger partial charge in [-0.25, -0.2) is 4.98 Å². The molecule has 1 saturated heterocycles. The van der Waals surface area contributed by atoms with Crippen molar-refractivity contribution in [3.8, 4) is 0 Å². The van der Waals surface area contributed by atoms with Crippen LogP contribution < -0.4 is 11.1 Å². The quantitative estimate of drug-likeness (QED) is 0.213. The van der Waals surface area contributed by atoms with Crippen molar-refractivity contribution in [3.63, 3.8) is 0 Å². The number of halogens is 1. The summed E-state index contributed by atoms with van der Waals surface area (Å²) in [5.74, 6) is -3.16. The van der Waals surface area contributed by atoms with Gasteiger partial charge in [-0.3, -0.25) is 13.9 Å². The SMILES string of the molecule is CC(C)(C)NC(=O)C(OCC1OC(n2cnc3c(N)nc(Cl)nc32)C(O)C1O)P(=O)(O)O. The van der Waals surface area contributed by atoms with Crippen LogP contribution in [0.15, 0.2) is 6.33 Å². The molecule has 0 saturated carbocycles. The Balaban J connectivity index is 1.78. The minimum absolute atomic E-state index is 0.000940.